The second-order valence-electron chi connectivity index (χ2n) is 12.1. The maximum atomic E-state index is 13.4. The summed E-state index contributed by atoms with van der Waals surface area (Å²) < 4.78 is -0.647. The standard InChI is InChI=1S/C30H34N2O2SSi.C6H4/c1-21(28(3,4)5)36-30(31-22(2)33)26(27(34)32-30)35-29(23-15-9-6-10-16-23,24-17-11-7-12-18-24)25-19-13-8-14-20-25;1-2-5-4-6(5)3-1/h6-21,26H,1-5H3,(H,31,33)(H,32,34);1-4H. The number of hydrogen-bond donors (Lipinski definition) is 2. The van der Waals surface area contributed by atoms with E-state index in [1.807, 2.05) is 54.6 Å². The Balaban J connectivity index is 0.000000513. The van der Waals surface area contributed by atoms with Crippen molar-refractivity contribution in [3.8, 4) is 11.1 Å². The summed E-state index contributed by atoms with van der Waals surface area (Å²) in [7, 11) is 0.322. The highest BCUT2D eigenvalue weighted by Crippen LogP contribution is 2.53. The molecule has 0 spiro atoms. The van der Waals surface area contributed by atoms with Gasteiger partial charge >= 0.3 is 0 Å². The van der Waals surface area contributed by atoms with Gasteiger partial charge in [0, 0.05) is 6.92 Å². The SMILES string of the molecule is CC(=O)NC1([Si]C(C)C(C)(C)C)NC(=O)C1SC(c1ccccc1)(c1ccccc1)c1ccccc1.c1cc2cc-2c1. The predicted octanol–water partition coefficient (Wildman–Crippen LogP) is 7.23. The number of amides is 2. The molecule has 3 unspecified atom stereocenters. The highest BCUT2D eigenvalue weighted by Gasteiger charge is 2.59. The Morgan fingerprint density at radius 2 is 1.26 bits per heavy atom. The molecule has 2 N–H and O–H groups in total. The first-order valence-corrected chi connectivity index (χ1v) is 16.3. The third-order valence-electron chi connectivity index (χ3n) is 8.02. The number of hydrogen-bond acceptors (Lipinski definition) is 3. The molecular formula is C36H38N2O2SSi. The normalized spacial score (nSPS) is 19.4. The van der Waals surface area contributed by atoms with Crippen molar-refractivity contribution in [3.05, 3.63) is 132 Å². The lowest BCUT2D eigenvalue weighted by molar-refractivity contribution is -0.132. The number of benzene rings is 4. The Bertz CT molecular complexity index is 1430. The van der Waals surface area contributed by atoms with Crippen LogP contribution in [0.5, 0.6) is 0 Å². The molecule has 6 rings (SSSR count). The van der Waals surface area contributed by atoms with E-state index in [-0.39, 0.29) is 22.8 Å². The molecule has 1 heterocycles. The summed E-state index contributed by atoms with van der Waals surface area (Å²) in [6.45, 7) is 10.3. The molecule has 1 saturated heterocycles. The van der Waals surface area contributed by atoms with E-state index in [0.29, 0.717) is 9.52 Å². The number of carbonyl (C=O) groups is 2. The van der Waals surface area contributed by atoms with Crippen LogP contribution in [0.25, 0.3) is 11.1 Å². The van der Waals surface area contributed by atoms with Crippen LogP contribution in [0, 0.1) is 5.41 Å². The first kappa shape index (κ1) is 29.9. The maximum Gasteiger partial charge on any atom is 0.238 e. The monoisotopic (exact) mass is 590 g/mol. The largest absolute Gasteiger partial charge is 0.336 e. The van der Waals surface area contributed by atoms with Crippen LogP contribution in [-0.4, -0.2) is 31.9 Å². The second-order valence-corrected chi connectivity index (χ2v) is 15.3. The summed E-state index contributed by atoms with van der Waals surface area (Å²) in [5, 5.41) is 5.04. The van der Waals surface area contributed by atoms with Gasteiger partial charge in [-0.2, -0.15) is 0 Å². The molecule has 42 heavy (non-hydrogen) atoms. The third-order valence-corrected chi connectivity index (χ3v) is 12.4. The molecular weight excluding hydrogens is 553 g/mol. The predicted molar refractivity (Wildman–Crippen MR) is 175 cm³/mol. The fourth-order valence-corrected chi connectivity index (χ4v) is 9.10. The van der Waals surface area contributed by atoms with Crippen molar-refractivity contribution in [2.75, 3.05) is 0 Å². The van der Waals surface area contributed by atoms with E-state index in [1.165, 1.54) is 18.1 Å². The first-order valence-electron chi connectivity index (χ1n) is 14.4. The van der Waals surface area contributed by atoms with Gasteiger partial charge in [-0.05, 0) is 44.8 Å². The Morgan fingerprint density at radius 3 is 1.57 bits per heavy atom. The van der Waals surface area contributed by atoms with E-state index in [4.69, 9.17) is 0 Å². The summed E-state index contributed by atoms with van der Waals surface area (Å²) in [5.74, 6) is -0.187. The van der Waals surface area contributed by atoms with E-state index in [0.717, 1.165) is 16.7 Å². The number of fused-ring (bicyclic) bond motifs is 1. The average molecular weight is 591 g/mol. The first-order chi connectivity index (χ1) is 20.0. The molecule has 6 heteroatoms. The summed E-state index contributed by atoms with van der Waals surface area (Å²) in [6, 6.07) is 39.6. The van der Waals surface area contributed by atoms with Gasteiger partial charge in [-0.3, -0.25) is 9.59 Å². The van der Waals surface area contributed by atoms with Gasteiger partial charge in [0.2, 0.25) is 11.8 Å². The zero-order chi connectivity index (χ0) is 30.0. The number of β-lactam (4-membered cyclic amide) rings is 1. The van der Waals surface area contributed by atoms with Gasteiger partial charge in [-0.15, -0.1) is 11.8 Å². The molecule has 4 nitrogen and oxygen atoms in total. The van der Waals surface area contributed by atoms with Crippen molar-refractivity contribution >= 4 is 33.1 Å². The van der Waals surface area contributed by atoms with E-state index < -0.39 is 15.3 Å². The summed E-state index contributed by atoms with van der Waals surface area (Å²) in [6.07, 6.45) is 0. The van der Waals surface area contributed by atoms with Gasteiger partial charge < -0.3 is 10.6 Å². The van der Waals surface area contributed by atoms with Crippen molar-refractivity contribution in [1.29, 1.82) is 0 Å². The highest BCUT2D eigenvalue weighted by molar-refractivity contribution is 8.02. The quantitative estimate of drug-likeness (QED) is 0.114. The Hall–Kier alpha value is -3.61. The van der Waals surface area contributed by atoms with Crippen molar-refractivity contribution in [2.24, 2.45) is 5.41 Å². The molecule has 3 aromatic carbocycles. The fourth-order valence-electron chi connectivity index (χ4n) is 5.24. The second kappa shape index (κ2) is 11.9. The minimum Gasteiger partial charge on any atom is -0.336 e. The van der Waals surface area contributed by atoms with Crippen LogP contribution in [0.2, 0.25) is 5.54 Å². The third kappa shape index (κ3) is 6.11. The van der Waals surface area contributed by atoms with Crippen molar-refractivity contribution in [2.45, 2.75) is 55.4 Å². The van der Waals surface area contributed by atoms with Crippen LogP contribution >= 0.6 is 11.8 Å². The number of rotatable bonds is 8. The molecule has 1 aliphatic heterocycles. The van der Waals surface area contributed by atoms with Gasteiger partial charge in [0.05, 0.1) is 4.75 Å². The van der Waals surface area contributed by atoms with Crippen molar-refractivity contribution < 1.29 is 9.59 Å². The Labute approximate surface area is 256 Å². The fraction of sp³-hybridized carbons (Fsp3) is 0.278. The van der Waals surface area contributed by atoms with Crippen LogP contribution < -0.4 is 10.6 Å². The number of carbonyl (C=O) groups excluding carboxylic acids is 2. The van der Waals surface area contributed by atoms with Crippen LogP contribution in [-0.2, 0) is 14.3 Å². The van der Waals surface area contributed by atoms with E-state index in [9.17, 15) is 9.59 Å². The minimum atomic E-state index is -0.802. The molecule has 2 amide bonds. The van der Waals surface area contributed by atoms with Crippen LogP contribution in [0.1, 0.15) is 51.3 Å². The smallest absolute Gasteiger partial charge is 0.238 e. The van der Waals surface area contributed by atoms with Crippen LogP contribution in [0.3, 0.4) is 0 Å². The minimum absolute atomic E-state index is 0.0365. The Kier molecular flexibility index (Phi) is 8.49. The Morgan fingerprint density at radius 1 is 0.810 bits per heavy atom. The lowest BCUT2D eigenvalue weighted by Gasteiger charge is -2.53. The van der Waals surface area contributed by atoms with Crippen LogP contribution in [0.15, 0.2) is 115 Å². The topological polar surface area (TPSA) is 58.2 Å². The van der Waals surface area contributed by atoms with Crippen molar-refractivity contribution in [1.82, 2.24) is 10.6 Å². The molecule has 1 fully saturated rings. The number of nitrogens with one attached hydrogen (secondary N) is 2. The zero-order valence-corrected chi connectivity index (χ0v) is 26.7. The zero-order valence-electron chi connectivity index (χ0n) is 24.8. The molecule has 0 bridgehead atoms. The van der Waals surface area contributed by atoms with Gasteiger partial charge in [0.15, 0.2) is 0 Å². The average Bonchev–Trinajstić information content (AvgIpc) is 3.58. The molecule has 3 atom stereocenters. The van der Waals surface area contributed by atoms with Crippen molar-refractivity contribution in [3.63, 3.8) is 0 Å². The molecule has 2 radical (unpaired) electrons. The molecule has 0 aromatic heterocycles. The molecule has 2 aliphatic carbocycles. The lowest BCUT2D eigenvalue weighted by atomic mass is 9.84. The molecule has 3 aromatic rings. The summed E-state index contributed by atoms with van der Waals surface area (Å²) in [5.41, 5.74) is 6.45. The van der Waals surface area contributed by atoms with E-state index >= 15 is 0 Å². The lowest BCUT2D eigenvalue weighted by Crippen LogP contribution is -2.82. The van der Waals surface area contributed by atoms with E-state index in [1.54, 1.807) is 11.8 Å². The van der Waals surface area contributed by atoms with E-state index in [2.05, 4.69) is 99.0 Å². The van der Waals surface area contributed by atoms with Gasteiger partial charge in [-0.1, -0.05) is 137 Å². The van der Waals surface area contributed by atoms with Gasteiger partial charge in [0.1, 0.15) is 20.1 Å². The van der Waals surface area contributed by atoms with Gasteiger partial charge in [-0.25, -0.2) is 0 Å². The number of thioether (sulfide) groups is 1. The van der Waals surface area contributed by atoms with Crippen LogP contribution in [0.4, 0.5) is 0 Å². The summed E-state index contributed by atoms with van der Waals surface area (Å²) in [4.78, 5) is 25.8. The molecule has 214 valence electrons. The highest BCUT2D eigenvalue weighted by atomic mass is 32.2. The molecule has 0 saturated carbocycles. The summed E-state index contributed by atoms with van der Waals surface area (Å²) >= 11 is 1.63. The maximum absolute atomic E-state index is 13.4. The van der Waals surface area contributed by atoms with Gasteiger partial charge in [0.25, 0.3) is 0 Å². The molecule has 3 aliphatic rings.